The lowest BCUT2D eigenvalue weighted by Gasteiger charge is -2.47. The smallest absolute Gasteiger partial charge is 0.410 e. The van der Waals surface area contributed by atoms with Gasteiger partial charge in [-0.25, -0.2) is 4.79 Å². The number of hydrogen-bond acceptors (Lipinski definition) is 14. The Labute approximate surface area is 617 Å². The summed E-state index contributed by atoms with van der Waals surface area (Å²) in [4.78, 5) is 94.7. The van der Waals surface area contributed by atoms with E-state index in [0.29, 0.717) is 86.5 Å². The first-order valence-corrected chi connectivity index (χ1v) is 36.1. The zero-order valence-corrected chi connectivity index (χ0v) is 63.8. The number of nitrogens with zero attached hydrogens (tertiary/aromatic N) is 6. The number of benzene rings is 3. The maximum absolute atomic E-state index is 12.7. The molecule has 31 heteroatoms. The maximum Gasteiger partial charge on any atom is 0.410 e. The van der Waals surface area contributed by atoms with Gasteiger partial charge < -0.3 is 50.0 Å². The zero-order valence-electron chi connectivity index (χ0n) is 53.7. The summed E-state index contributed by atoms with van der Waals surface area (Å²) in [7, 11) is 3.12. The normalized spacial score (nSPS) is 17.4. The summed E-state index contributed by atoms with van der Waals surface area (Å²) < 4.78 is 16.3. The van der Waals surface area contributed by atoms with Crippen molar-refractivity contribution in [3.8, 4) is 17.2 Å². The van der Waals surface area contributed by atoms with E-state index in [0.717, 1.165) is 121 Å². The molecule has 0 unspecified atom stereocenters. The Balaban J connectivity index is 0.000000242. The number of likely N-dealkylation sites (tertiary alicyclic amines) is 6. The van der Waals surface area contributed by atoms with Gasteiger partial charge in [0.05, 0.1) is 44.4 Å². The molecular weight excluding hydrogens is 1570 g/mol. The van der Waals surface area contributed by atoms with Gasteiger partial charge >= 0.3 is 9.28 Å². The standard InChI is InChI=1S/C22H31Cl2N3O4.C20H25Cl2N3O3.C19H23Cl2N3O3.C3H3ClO.BBr3/c1-22(2,3)31-21(29)27-12-16(13-27)26-7-5-14(6-8-26)20(28)25-11-15-9-17(23)18(24)10-19(15)30-4;1-3-19(26)25-11-15(12-25)24-6-4-13(5-7-24)20(27)23-10-14-8-16(21)17(22)9-18(14)28-2;1-2-18(26)24-10-14(11-24)23-5-3-12(4-6-23)19(27)22-9-13-7-15(20)16(21)8-17(13)25;1-2-3(4)5;2-1(3)4/h9-10,14,16H,5-8,11-13H2,1-4H3,(H,25,28);3,8-9,13,15H,1,4-7,10-12H2,2H3,(H,23,27);2,7-8,12,14,25H,1,3-6,9-11H2,(H,22,27);2H,1H2;. The molecule has 0 radical (unpaired) electrons. The molecule has 95 heavy (non-hydrogen) atoms. The predicted octanol–water partition coefficient (Wildman–Crippen LogP) is 12.2. The molecule has 0 atom stereocenters. The van der Waals surface area contributed by atoms with Crippen molar-refractivity contribution in [1.29, 1.82) is 0 Å². The minimum atomic E-state index is -0.509. The van der Waals surface area contributed by atoms with Crippen molar-refractivity contribution in [3.63, 3.8) is 0 Å². The Bertz CT molecular complexity index is 3170. The molecule has 6 amide bonds. The molecule has 0 aromatic heterocycles. The number of rotatable bonds is 17. The van der Waals surface area contributed by atoms with Gasteiger partial charge in [-0.15, -0.1) is 47.3 Å². The fourth-order valence-electron chi connectivity index (χ4n) is 11.2. The molecule has 6 aliphatic rings. The van der Waals surface area contributed by atoms with Crippen LogP contribution in [0, 0.1) is 17.8 Å². The van der Waals surface area contributed by atoms with Crippen LogP contribution in [-0.2, 0) is 53.1 Å². The van der Waals surface area contributed by atoms with E-state index in [1.165, 1.54) is 18.2 Å². The van der Waals surface area contributed by atoms with Crippen LogP contribution in [0.3, 0.4) is 0 Å². The summed E-state index contributed by atoms with van der Waals surface area (Å²) in [6, 6.07) is 10.8. The molecule has 0 bridgehead atoms. The van der Waals surface area contributed by atoms with Gasteiger partial charge in [0.2, 0.25) is 34.8 Å². The minimum Gasteiger partial charge on any atom is -0.508 e. The minimum absolute atomic E-state index is 0.00370. The quantitative estimate of drug-likeness (QED) is 0.0561. The van der Waals surface area contributed by atoms with Crippen molar-refractivity contribution in [2.75, 3.05) is 92.8 Å². The van der Waals surface area contributed by atoms with Gasteiger partial charge in [0.15, 0.2) is 0 Å². The molecule has 6 heterocycles. The average Bonchev–Trinajstić information content (AvgIpc) is 0.823. The fourth-order valence-corrected chi connectivity index (χ4v) is 12.3. The van der Waals surface area contributed by atoms with Crippen LogP contribution in [-0.4, -0.2) is 195 Å². The van der Waals surface area contributed by atoms with Crippen molar-refractivity contribution in [3.05, 3.63) is 121 Å². The van der Waals surface area contributed by atoms with E-state index in [4.69, 9.17) is 95.4 Å². The van der Waals surface area contributed by atoms with Crippen LogP contribution in [0.15, 0.2) is 74.4 Å². The topological polar surface area (TPSA) is 223 Å². The molecule has 0 saturated carbocycles. The van der Waals surface area contributed by atoms with Crippen LogP contribution < -0.4 is 25.4 Å². The van der Waals surface area contributed by atoms with Crippen LogP contribution in [0.4, 0.5) is 4.79 Å². The van der Waals surface area contributed by atoms with Crippen molar-refractivity contribution < 1.29 is 52.9 Å². The van der Waals surface area contributed by atoms with Crippen LogP contribution in [0.25, 0.3) is 0 Å². The van der Waals surface area contributed by atoms with E-state index >= 15 is 0 Å². The van der Waals surface area contributed by atoms with Gasteiger partial charge in [-0.05, 0) is 147 Å². The highest BCUT2D eigenvalue weighted by molar-refractivity contribution is 9.69. The van der Waals surface area contributed by atoms with E-state index in [9.17, 15) is 38.7 Å². The van der Waals surface area contributed by atoms with Crippen molar-refractivity contribution in [1.82, 2.24) is 45.3 Å². The van der Waals surface area contributed by atoms with Gasteiger partial charge in [-0.1, -0.05) is 89.3 Å². The second kappa shape index (κ2) is 39.7. The monoisotopic (exact) mass is 1650 g/mol. The van der Waals surface area contributed by atoms with Crippen LogP contribution in [0.5, 0.6) is 17.2 Å². The molecule has 9 rings (SSSR count). The lowest BCUT2D eigenvalue weighted by molar-refractivity contribution is -0.135. The van der Waals surface area contributed by atoms with E-state index in [-0.39, 0.29) is 73.9 Å². The molecule has 522 valence electrons. The number of methoxy groups -OCH3 is 2. The number of carbonyl (C=O) groups is 7. The van der Waals surface area contributed by atoms with Gasteiger partial charge in [0.1, 0.15) is 22.8 Å². The van der Waals surface area contributed by atoms with E-state index < -0.39 is 10.8 Å². The Morgan fingerprint density at radius 1 is 0.516 bits per heavy atom. The number of allylic oxidation sites excluding steroid dienone is 1. The number of nitrogens with one attached hydrogen (secondary N) is 3. The van der Waals surface area contributed by atoms with E-state index in [1.807, 2.05) is 20.8 Å². The highest BCUT2D eigenvalue weighted by Gasteiger charge is 2.41. The summed E-state index contributed by atoms with van der Waals surface area (Å²) in [6.07, 6.45) is 8.29. The SMILES string of the molecule is BrB(Br)Br.C=CC(=O)Cl.C=CC(=O)N1CC(N2CCC(C(=O)NCc3cc(Cl)c(Cl)cc3O)CC2)C1.C=CC(=O)N1CC(N2CCC(C(=O)NCc3cc(Cl)c(Cl)cc3OC)CC2)C1.COc1cc(Cl)c(Cl)cc1CNC(=O)C1CCN(C2CN(C(=O)OC(C)(C)C)C2)CC1. The second-order valence-electron chi connectivity index (χ2n) is 24.1. The van der Waals surface area contributed by atoms with Crippen molar-refractivity contribution in [2.24, 2.45) is 17.8 Å². The van der Waals surface area contributed by atoms with Gasteiger partial charge in [0, 0.05) is 130 Å². The van der Waals surface area contributed by atoms with E-state index in [2.05, 4.69) is 97.7 Å². The summed E-state index contributed by atoms with van der Waals surface area (Å²) in [5, 5.41) is 20.6. The van der Waals surface area contributed by atoms with Gasteiger partial charge in [-0.3, -0.25) is 43.5 Å². The summed E-state index contributed by atoms with van der Waals surface area (Å²) in [5.41, 5.74) is 1.65. The number of aromatic hydroxyl groups is 1. The predicted molar refractivity (Wildman–Crippen MR) is 389 cm³/mol. The third kappa shape index (κ3) is 25.9. The molecule has 3 aromatic carbocycles. The fraction of sp³-hybridized carbons (Fsp3) is 0.516. The molecule has 4 N–H and O–H groups in total. The van der Waals surface area contributed by atoms with Crippen molar-refractivity contribution in [2.45, 2.75) is 103 Å². The maximum atomic E-state index is 12.7. The average molecular weight is 1650 g/mol. The first-order chi connectivity index (χ1) is 44.9. The van der Waals surface area contributed by atoms with Crippen molar-refractivity contribution >= 4 is 173 Å². The summed E-state index contributed by atoms with van der Waals surface area (Å²) >= 11 is 50.0. The molecule has 20 nitrogen and oxygen atoms in total. The third-order valence-corrected chi connectivity index (χ3v) is 19.1. The highest BCUT2D eigenvalue weighted by atomic mass is 79.9. The Morgan fingerprint density at radius 2 is 0.789 bits per heavy atom. The lowest BCUT2D eigenvalue weighted by Crippen LogP contribution is -2.63. The third-order valence-electron chi connectivity index (χ3n) is 16.7. The number of phenols is 1. The summed E-state index contributed by atoms with van der Waals surface area (Å²) in [5.74, 6) is 1.19. The number of halogens is 10. The highest BCUT2D eigenvalue weighted by Crippen LogP contribution is 2.34. The Hall–Kier alpha value is -4.02. The van der Waals surface area contributed by atoms with Gasteiger partial charge in [-0.2, -0.15) is 0 Å². The molecule has 6 fully saturated rings. The second-order valence-corrected chi connectivity index (χ2v) is 33.4. The molecule has 3 aromatic rings. The number of phenolic OH excluding ortho intramolecular Hbond substituents is 1. The Morgan fingerprint density at radius 3 is 1.07 bits per heavy atom. The van der Waals surface area contributed by atoms with Crippen LogP contribution in [0.1, 0.15) is 76.0 Å². The number of ether oxygens (including phenoxy) is 3. The van der Waals surface area contributed by atoms with Crippen LogP contribution in [0.2, 0.25) is 30.1 Å². The number of piperidine rings is 3. The molecular formula is C64H82BBr3Cl7N9O11. The largest absolute Gasteiger partial charge is 0.508 e. The zero-order chi connectivity index (χ0) is 70.4. The Kier molecular flexibility index (Phi) is 34.1. The number of carbonyl (C=O) groups excluding carboxylic acids is 7. The van der Waals surface area contributed by atoms with Crippen LogP contribution >= 0.6 is 128 Å². The summed E-state index contributed by atoms with van der Waals surface area (Å²) in [6.45, 7) is 26.1. The lowest BCUT2D eigenvalue weighted by atomic mass is 9.93. The first kappa shape index (κ1) is 81.7. The molecule has 6 aliphatic heterocycles. The molecule has 0 spiro atoms. The van der Waals surface area contributed by atoms with Gasteiger partial charge in [0.25, 0.3) is 0 Å². The molecule has 6 saturated heterocycles. The van der Waals surface area contributed by atoms with E-state index in [1.54, 1.807) is 59.3 Å². The number of amides is 6. The number of hydrogen-bond donors (Lipinski definition) is 4. The first-order valence-electron chi connectivity index (χ1n) is 30.7. The molecule has 0 aliphatic carbocycles.